The Morgan fingerprint density at radius 3 is 2.79 bits per heavy atom. The Bertz CT molecular complexity index is 560. The SMILES string of the molecule is Cc1ccc(OCCNc2cccc(Br)c2)cc1F. The number of anilines is 1. The molecule has 0 saturated heterocycles. The number of aryl methyl sites for hydroxylation is 1. The first-order chi connectivity index (χ1) is 9.15. The summed E-state index contributed by atoms with van der Waals surface area (Å²) >= 11 is 3.41. The molecule has 4 heteroatoms. The zero-order valence-corrected chi connectivity index (χ0v) is 12.2. The van der Waals surface area contributed by atoms with Crippen LogP contribution >= 0.6 is 15.9 Å². The van der Waals surface area contributed by atoms with E-state index in [4.69, 9.17) is 4.74 Å². The first-order valence-corrected chi connectivity index (χ1v) is 6.83. The molecule has 0 saturated carbocycles. The van der Waals surface area contributed by atoms with Crippen LogP contribution < -0.4 is 10.1 Å². The van der Waals surface area contributed by atoms with Gasteiger partial charge >= 0.3 is 0 Å². The van der Waals surface area contributed by atoms with Gasteiger partial charge in [-0.3, -0.25) is 0 Å². The van der Waals surface area contributed by atoms with Gasteiger partial charge in [-0.05, 0) is 36.8 Å². The fourth-order valence-electron chi connectivity index (χ4n) is 1.63. The van der Waals surface area contributed by atoms with Gasteiger partial charge in [0.15, 0.2) is 0 Å². The molecule has 100 valence electrons. The third kappa shape index (κ3) is 4.24. The fraction of sp³-hybridized carbons (Fsp3) is 0.200. The Morgan fingerprint density at radius 1 is 1.21 bits per heavy atom. The molecule has 0 heterocycles. The number of hydrogen-bond acceptors (Lipinski definition) is 2. The topological polar surface area (TPSA) is 21.3 Å². The highest BCUT2D eigenvalue weighted by Gasteiger charge is 2.00. The molecular weight excluding hydrogens is 309 g/mol. The zero-order valence-electron chi connectivity index (χ0n) is 10.6. The van der Waals surface area contributed by atoms with Crippen LogP contribution in [-0.2, 0) is 0 Å². The summed E-state index contributed by atoms with van der Waals surface area (Å²) in [4.78, 5) is 0. The Kier molecular flexibility index (Phi) is 4.80. The number of ether oxygens (including phenoxy) is 1. The standard InChI is InChI=1S/C15H15BrFNO/c1-11-5-6-14(10-15(11)17)19-8-7-18-13-4-2-3-12(16)9-13/h2-6,9-10,18H,7-8H2,1H3. The molecule has 0 aliphatic carbocycles. The van der Waals surface area contributed by atoms with Gasteiger partial charge in [0.1, 0.15) is 18.2 Å². The second-order valence-electron chi connectivity index (χ2n) is 4.20. The van der Waals surface area contributed by atoms with Crippen molar-refractivity contribution in [2.45, 2.75) is 6.92 Å². The second-order valence-corrected chi connectivity index (χ2v) is 5.11. The smallest absolute Gasteiger partial charge is 0.129 e. The van der Waals surface area contributed by atoms with Gasteiger partial charge in [-0.15, -0.1) is 0 Å². The molecule has 0 unspecified atom stereocenters. The maximum absolute atomic E-state index is 13.3. The molecule has 0 atom stereocenters. The van der Waals surface area contributed by atoms with Crippen LogP contribution in [0.2, 0.25) is 0 Å². The lowest BCUT2D eigenvalue weighted by Gasteiger charge is -2.09. The van der Waals surface area contributed by atoms with Crippen LogP contribution in [0.4, 0.5) is 10.1 Å². The Labute approximate surface area is 120 Å². The average molecular weight is 324 g/mol. The van der Waals surface area contributed by atoms with Crippen molar-refractivity contribution in [2.24, 2.45) is 0 Å². The first kappa shape index (κ1) is 13.9. The lowest BCUT2D eigenvalue weighted by atomic mass is 10.2. The maximum atomic E-state index is 13.3. The number of halogens is 2. The summed E-state index contributed by atoms with van der Waals surface area (Å²) in [6, 6.07) is 12.8. The van der Waals surface area contributed by atoms with E-state index in [-0.39, 0.29) is 5.82 Å². The molecule has 0 fully saturated rings. The van der Waals surface area contributed by atoms with Crippen LogP contribution in [0, 0.1) is 12.7 Å². The van der Waals surface area contributed by atoms with E-state index < -0.39 is 0 Å². The molecule has 0 spiro atoms. The van der Waals surface area contributed by atoms with E-state index in [1.807, 2.05) is 24.3 Å². The van der Waals surface area contributed by atoms with Crippen LogP contribution in [0.15, 0.2) is 46.9 Å². The first-order valence-electron chi connectivity index (χ1n) is 6.03. The molecule has 0 amide bonds. The lowest BCUT2D eigenvalue weighted by Crippen LogP contribution is -2.11. The van der Waals surface area contributed by atoms with Crippen molar-refractivity contribution < 1.29 is 9.13 Å². The summed E-state index contributed by atoms with van der Waals surface area (Å²) in [5.41, 5.74) is 1.65. The minimum absolute atomic E-state index is 0.238. The molecule has 2 rings (SSSR count). The number of benzene rings is 2. The number of rotatable bonds is 5. The number of hydrogen-bond donors (Lipinski definition) is 1. The molecule has 0 aliphatic heterocycles. The summed E-state index contributed by atoms with van der Waals surface area (Å²) in [5, 5.41) is 3.23. The summed E-state index contributed by atoms with van der Waals surface area (Å²) in [6.07, 6.45) is 0. The highest BCUT2D eigenvalue weighted by Crippen LogP contribution is 2.17. The molecule has 0 aromatic heterocycles. The van der Waals surface area contributed by atoms with Crippen LogP contribution in [0.5, 0.6) is 5.75 Å². The van der Waals surface area contributed by atoms with E-state index in [2.05, 4.69) is 21.2 Å². The van der Waals surface area contributed by atoms with Gasteiger partial charge in [-0.25, -0.2) is 4.39 Å². The Morgan fingerprint density at radius 2 is 2.05 bits per heavy atom. The second kappa shape index (κ2) is 6.57. The van der Waals surface area contributed by atoms with Crippen molar-refractivity contribution in [2.75, 3.05) is 18.5 Å². The minimum Gasteiger partial charge on any atom is -0.492 e. The molecule has 0 bridgehead atoms. The molecule has 19 heavy (non-hydrogen) atoms. The lowest BCUT2D eigenvalue weighted by molar-refractivity contribution is 0.331. The maximum Gasteiger partial charge on any atom is 0.129 e. The molecular formula is C15H15BrFNO. The molecule has 0 radical (unpaired) electrons. The zero-order chi connectivity index (χ0) is 13.7. The van der Waals surface area contributed by atoms with Crippen molar-refractivity contribution in [3.05, 3.63) is 58.3 Å². The molecule has 2 aromatic carbocycles. The predicted molar refractivity (Wildman–Crippen MR) is 79.3 cm³/mol. The summed E-state index contributed by atoms with van der Waals surface area (Å²) in [6.45, 7) is 2.87. The van der Waals surface area contributed by atoms with Gasteiger partial charge in [-0.2, -0.15) is 0 Å². The van der Waals surface area contributed by atoms with E-state index in [0.717, 1.165) is 10.2 Å². The van der Waals surface area contributed by atoms with Crippen molar-refractivity contribution >= 4 is 21.6 Å². The van der Waals surface area contributed by atoms with E-state index in [9.17, 15) is 4.39 Å². The van der Waals surface area contributed by atoms with E-state index in [1.54, 1.807) is 19.1 Å². The van der Waals surface area contributed by atoms with Crippen LogP contribution in [-0.4, -0.2) is 13.2 Å². The van der Waals surface area contributed by atoms with Gasteiger partial charge in [-0.1, -0.05) is 28.1 Å². The van der Waals surface area contributed by atoms with Gasteiger partial charge in [0, 0.05) is 22.8 Å². The number of nitrogens with one attached hydrogen (secondary N) is 1. The van der Waals surface area contributed by atoms with E-state index >= 15 is 0 Å². The van der Waals surface area contributed by atoms with Gasteiger partial charge < -0.3 is 10.1 Å². The van der Waals surface area contributed by atoms with Crippen molar-refractivity contribution in [1.29, 1.82) is 0 Å². The van der Waals surface area contributed by atoms with Crippen molar-refractivity contribution in [3.63, 3.8) is 0 Å². The monoisotopic (exact) mass is 323 g/mol. The molecule has 2 aromatic rings. The molecule has 0 aliphatic rings. The third-order valence-electron chi connectivity index (χ3n) is 2.67. The highest BCUT2D eigenvalue weighted by atomic mass is 79.9. The minimum atomic E-state index is -0.238. The predicted octanol–water partition coefficient (Wildman–Crippen LogP) is 4.39. The molecule has 1 N–H and O–H groups in total. The van der Waals surface area contributed by atoms with Gasteiger partial charge in [0.25, 0.3) is 0 Å². The fourth-order valence-corrected chi connectivity index (χ4v) is 2.03. The van der Waals surface area contributed by atoms with E-state index in [1.165, 1.54) is 6.07 Å². The van der Waals surface area contributed by atoms with Crippen LogP contribution in [0.25, 0.3) is 0 Å². The van der Waals surface area contributed by atoms with E-state index in [0.29, 0.717) is 24.5 Å². The Hall–Kier alpha value is -1.55. The summed E-state index contributed by atoms with van der Waals surface area (Å²) in [5.74, 6) is 0.316. The quantitative estimate of drug-likeness (QED) is 0.824. The summed E-state index contributed by atoms with van der Waals surface area (Å²) in [7, 11) is 0. The third-order valence-corrected chi connectivity index (χ3v) is 3.16. The normalized spacial score (nSPS) is 10.3. The largest absolute Gasteiger partial charge is 0.492 e. The Balaban J connectivity index is 1.79. The highest BCUT2D eigenvalue weighted by molar-refractivity contribution is 9.10. The van der Waals surface area contributed by atoms with Gasteiger partial charge in [0.2, 0.25) is 0 Å². The summed E-state index contributed by atoms with van der Waals surface area (Å²) < 4.78 is 19.8. The average Bonchev–Trinajstić information content (AvgIpc) is 2.39. The van der Waals surface area contributed by atoms with Crippen LogP contribution in [0.3, 0.4) is 0 Å². The van der Waals surface area contributed by atoms with Crippen molar-refractivity contribution in [3.8, 4) is 5.75 Å². The van der Waals surface area contributed by atoms with Crippen LogP contribution in [0.1, 0.15) is 5.56 Å². The molecule has 2 nitrogen and oxygen atoms in total. The van der Waals surface area contributed by atoms with Gasteiger partial charge in [0.05, 0.1) is 0 Å². The van der Waals surface area contributed by atoms with Crippen molar-refractivity contribution in [1.82, 2.24) is 0 Å².